The smallest absolute Gasteiger partial charge is 0.250 e. The van der Waals surface area contributed by atoms with E-state index in [-0.39, 0.29) is 23.0 Å². The highest BCUT2D eigenvalue weighted by atomic mass is 35.5. The van der Waals surface area contributed by atoms with Crippen molar-refractivity contribution in [3.8, 4) is 16.3 Å². The number of hydrogen-bond acceptors (Lipinski definition) is 7. The normalized spacial score (nSPS) is 12.3. The maximum atomic E-state index is 13.1. The molecule has 1 heterocycles. The van der Waals surface area contributed by atoms with Crippen LogP contribution < -0.4 is 14.4 Å². The van der Waals surface area contributed by atoms with E-state index in [9.17, 15) is 13.2 Å². The minimum atomic E-state index is -3.87. The summed E-state index contributed by atoms with van der Waals surface area (Å²) in [5.41, 5.74) is 0.962. The Balaban J connectivity index is 1.91. The summed E-state index contributed by atoms with van der Waals surface area (Å²) in [4.78, 5) is 13.1. The van der Waals surface area contributed by atoms with Gasteiger partial charge in [-0.05, 0) is 36.8 Å². The molecule has 8 nitrogen and oxygen atoms in total. The molecule has 0 saturated carbocycles. The number of carbonyl (C=O) groups excluding carboxylic acids is 1. The number of carbonyl (C=O) groups is 1. The number of nitrogens with one attached hydrogen (secondary N) is 1. The van der Waals surface area contributed by atoms with Crippen LogP contribution in [0.1, 0.15) is 13.3 Å². The summed E-state index contributed by atoms with van der Waals surface area (Å²) in [7, 11) is -2.46. The Kier molecular flexibility index (Phi) is 7.60. The second-order valence-electron chi connectivity index (χ2n) is 6.71. The van der Waals surface area contributed by atoms with Gasteiger partial charge < -0.3 is 4.74 Å². The molecule has 0 saturated heterocycles. The van der Waals surface area contributed by atoms with Crippen molar-refractivity contribution in [3.63, 3.8) is 0 Å². The molecule has 2 aromatic carbocycles. The van der Waals surface area contributed by atoms with E-state index < -0.39 is 22.0 Å². The average Bonchev–Trinajstić information content (AvgIpc) is 3.19. The van der Waals surface area contributed by atoms with Gasteiger partial charge in [-0.3, -0.25) is 14.4 Å². The maximum absolute atomic E-state index is 13.1. The summed E-state index contributed by atoms with van der Waals surface area (Å²) in [6.07, 6.45) is 1.21. The van der Waals surface area contributed by atoms with Gasteiger partial charge in [-0.1, -0.05) is 53.6 Å². The number of methoxy groups -OCH3 is 1. The van der Waals surface area contributed by atoms with Crippen molar-refractivity contribution in [2.75, 3.05) is 23.0 Å². The van der Waals surface area contributed by atoms with Crippen LogP contribution in [0.25, 0.3) is 10.6 Å². The zero-order chi connectivity index (χ0) is 23.5. The Morgan fingerprint density at radius 1 is 1.16 bits per heavy atom. The molecule has 0 fully saturated rings. The number of nitrogens with zero attached hydrogens (tertiary/aromatic N) is 3. The molecule has 0 aliphatic heterocycles. The molecule has 1 aromatic heterocycles. The third-order valence-corrected chi connectivity index (χ3v) is 6.99. The molecule has 0 aliphatic carbocycles. The minimum absolute atomic E-state index is 0.170. The zero-order valence-corrected chi connectivity index (χ0v) is 20.5. The molecule has 3 aromatic rings. The third kappa shape index (κ3) is 5.50. The first kappa shape index (κ1) is 24.2. The molecular weight excluding hydrogens is 495 g/mol. The Morgan fingerprint density at radius 3 is 2.41 bits per heavy atom. The Bertz CT molecular complexity index is 1220. The van der Waals surface area contributed by atoms with Gasteiger partial charge in [0.15, 0.2) is 0 Å². The van der Waals surface area contributed by atoms with E-state index in [1.807, 2.05) is 0 Å². The van der Waals surface area contributed by atoms with E-state index >= 15 is 0 Å². The molecule has 0 spiro atoms. The van der Waals surface area contributed by atoms with Crippen molar-refractivity contribution in [1.82, 2.24) is 10.2 Å². The van der Waals surface area contributed by atoms with Gasteiger partial charge in [0.05, 0.1) is 19.1 Å². The van der Waals surface area contributed by atoms with E-state index in [0.29, 0.717) is 15.1 Å². The van der Waals surface area contributed by atoms with Crippen LogP contribution in [0.4, 0.5) is 10.8 Å². The maximum Gasteiger partial charge on any atom is 0.250 e. The number of aromatic nitrogens is 2. The lowest BCUT2D eigenvalue weighted by Gasteiger charge is -2.30. The molecule has 3 rings (SSSR count). The van der Waals surface area contributed by atoms with Crippen LogP contribution >= 0.6 is 34.5 Å². The third-order valence-electron chi connectivity index (χ3n) is 4.45. The van der Waals surface area contributed by atoms with Crippen LogP contribution in [0.5, 0.6) is 5.75 Å². The van der Waals surface area contributed by atoms with Gasteiger partial charge in [0.25, 0.3) is 0 Å². The van der Waals surface area contributed by atoms with Crippen LogP contribution in [-0.2, 0) is 14.8 Å². The molecule has 0 unspecified atom stereocenters. The number of rotatable bonds is 8. The van der Waals surface area contributed by atoms with Crippen molar-refractivity contribution in [2.45, 2.75) is 19.4 Å². The van der Waals surface area contributed by atoms with Gasteiger partial charge >= 0.3 is 0 Å². The monoisotopic (exact) mass is 514 g/mol. The fourth-order valence-electron chi connectivity index (χ4n) is 3.04. The van der Waals surface area contributed by atoms with Gasteiger partial charge in [0, 0.05) is 15.6 Å². The zero-order valence-electron chi connectivity index (χ0n) is 17.4. The van der Waals surface area contributed by atoms with Crippen LogP contribution in [0.3, 0.4) is 0 Å². The molecule has 0 aliphatic rings. The van der Waals surface area contributed by atoms with Gasteiger partial charge in [-0.25, -0.2) is 8.42 Å². The SMILES string of the molecule is CC[C@H](C(=O)Nc1nnc(-c2ccc(Cl)cc2)s1)N(c1cc(Cl)ccc1OC)S(C)(=O)=O. The van der Waals surface area contributed by atoms with Crippen molar-refractivity contribution in [2.24, 2.45) is 0 Å². The molecule has 1 atom stereocenters. The second-order valence-corrected chi connectivity index (χ2v) is 10.4. The standard InChI is InChI=1S/C20H20Cl2N4O4S2/c1-4-15(26(32(3,28)29)16-11-14(22)9-10-17(16)30-2)18(27)23-20-25-24-19(31-20)12-5-7-13(21)8-6-12/h5-11,15H,4H2,1-3H3,(H,23,25,27)/t15-/m1/s1. The predicted molar refractivity (Wildman–Crippen MR) is 128 cm³/mol. The number of sulfonamides is 1. The summed E-state index contributed by atoms with van der Waals surface area (Å²) in [6, 6.07) is 10.5. The number of anilines is 2. The van der Waals surface area contributed by atoms with Crippen LogP contribution in [-0.4, -0.2) is 43.9 Å². The lowest BCUT2D eigenvalue weighted by atomic mass is 10.2. The summed E-state index contributed by atoms with van der Waals surface area (Å²) in [5.74, 6) is -0.286. The summed E-state index contributed by atoms with van der Waals surface area (Å²) in [5, 5.41) is 12.5. The molecule has 12 heteroatoms. The molecule has 32 heavy (non-hydrogen) atoms. The van der Waals surface area contributed by atoms with Gasteiger partial charge in [-0.15, -0.1) is 10.2 Å². The minimum Gasteiger partial charge on any atom is -0.495 e. The number of amides is 1. The van der Waals surface area contributed by atoms with Crippen LogP contribution in [0.2, 0.25) is 10.0 Å². The highest BCUT2D eigenvalue weighted by Gasteiger charge is 2.34. The van der Waals surface area contributed by atoms with E-state index in [1.165, 1.54) is 13.2 Å². The van der Waals surface area contributed by atoms with Gasteiger partial charge in [-0.2, -0.15) is 0 Å². The first-order chi connectivity index (χ1) is 15.1. The van der Waals surface area contributed by atoms with Crippen molar-refractivity contribution in [3.05, 3.63) is 52.5 Å². The second kappa shape index (κ2) is 10.0. The average molecular weight is 515 g/mol. The Morgan fingerprint density at radius 2 is 1.81 bits per heavy atom. The van der Waals surface area contributed by atoms with Gasteiger partial charge in [0.1, 0.15) is 16.8 Å². The van der Waals surface area contributed by atoms with E-state index in [2.05, 4.69) is 15.5 Å². The van der Waals surface area contributed by atoms with Crippen molar-refractivity contribution < 1.29 is 17.9 Å². The molecule has 1 N–H and O–H groups in total. The first-order valence-corrected chi connectivity index (χ1v) is 12.8. The lowest BCUT2D eigenvalue weighted by Crippen LogP contribution is -2.47. The van der Waals surface area contributed by atoms with Crippen LogP contribution in [0, 0.1) is 0 Å². The fraction of sp³-hybridized carbons (Fsp3) is 0.250. The van der Waals surface area contributed by atoms with E-state index in [1.54, 1.807) is 43.3 Å². The molecule has 170 valence electrons. The summed E-state index contributed by atoms with van der Waals surface area (Å²) in [6.45, 7) is 1.71. The molecule has 1 amide bonds. The summed E-state index contributed by atoms with van der Waals surface area (Å²) >= 11 is 13.2. The number of hydrogen-bond donors (Lipinski definition) is 1. The van der Waals surface area contributed by atoms with Crippen molar-refractivity contribution >= 4 is 61.3 Å². The van der Waals surface area contributed by atoms with Crippen molar-refractivity contribution in [1.29, 1.82) is 0 Å². The van der Waals surface area contributed by atoms with Crippen LogP contribution in [0.15, 0.2) is 42.5 Å². The van der Waals surface area contributed by atoms with E-state index in [0.717, 1.165) is 27.5 Å². The number of ether oxygens (including phenoxy) is 1. The topological polar surface area (TPSA) is 101 Å². The number of halogens is 2. The highest BCUT2D eigenvalue weighted by molar-refractivity contribution is 7.92. The molecular formula is C20H20Cl2N4O4S2. The number of benzene rings is 2. The highest BCUT2D eigenvalue weighted by Crippen LogP contribution is 2.35. The first-order valence-electron chi connectivity index (χ1n) is 9.37. The predicted octanol–water partition coefficient (Wildman–Crippen LogP) is 4.70. The Labute approximate surface area is 200 Å². The molecule has 0 bridgehead atoms. The fourth-order valence-corrected chi connectivity index (χ4v) is 5.29. The largest absolute Gasteiger partial charge is 0.495 e. The van der Waals surface area contributed by atoms with E-state index in [4.69, 9.17) is 27.9 Å². The summed E-state index contributed by atoms with van der Waals surface area (Å²) < 4.78 is 31.7. The quantitative estimate of drug-likeness (QED) is 0.467. The Hall–Kier alpha value is -2.40. The lowest BCUT2D eigenvalue weighted by molar-refractivity contribution is -0.117. The van der Waals surface area contributed by atoms with Gasteiger partial charge in [0.2, 0.25) is 21.1 Å². The molecule has 0 radical (unpaired) electrons.